The first kappa shape index (κ1) is 14.5. The van der Waals surface area contributed by atoms with Gasteiger partial charge in [0, 0.05) is 17.0 Å². The molecule has 2 N–H and O–H groups in total. The molecule has 1 aromatic carbocycles. The lowest BCUT2D eigenvalue weighted by Crippen LogP contribution is -2.26. The Labute approximate surface area is 108 Å². The number of nitrogens with two attached hydrogens (primary N) is 1. The van der Waals surface area contributed by atoms with Crippen LogP contribution in [0.15, 0.2) is 18.2 Å². The number of hydrogen-bond donors (Lipinski definition) is 1. The van der Waals surface area contributed by atoms with Gasteiger partial charge in [-0.05, 0) is 43.0 Å². The fourth-order valence-electron chi connectivity index (χ4n) is 1.61. The van der Waals surface area contributed by atoms with Crippen LogP contribution < -0.4 is 5.73 Å². The summed E-state index contributed by atoms with van der Waals surface area (Å²) in [5.41, 5.74) is 8.23. The van der Waals surface area contributed by atoms with Crippen molar-refractivity contribution in [1.82, 2.24) is 0 Å². The maximum atomic E-state index is 13.1. The third-order valence-corrected chi connectivity index (χ3v) is 4.49. The molecule has 0 saturated carbocycles. The Balaban J connectivity index is 2.50. The van der Waals surface area contributed by atoms with E-state index in [1.54, 1.807) is 6.07 Å². The van der Waals surface area contributed by atoms with Gasteiger partial charge in [0.25, 0.3) is 0 Å². The fraction of sp³-hybridized carbons (Fsp3) is 0.571. The Kier molecular flexibility index (Phi) is 6.00. The molecule has 1 rings (SSSR count). The molecule has 2 unspecified atom stereocenters. The average molecular weight is 255 g/mol. The second-order valence-electron chi connectivity index (χ2n) is 4.59. The van der Waals surface area contributed by atoms with Crippen molar-refractivity contribution in [2.24, 2.45) is 5.73 Å². The van der Waals surface area contributed by atoms with Crippen LogP contribution in [0.5, 0.6) is 0 Å². The Bertz CT molecular complexity index is 354. The molecule has 0 aliphatic rings. The minimum Gasteiger partial charge on any atom is -0.327 e. The van der Waals surface area contributed by atoms with E-state index in [-0.39, 0.29) is 11.9 Å². The Morgan fingerprint density at radius 1 is 1.41 bits per heavy atom. The number of hydrogen-bond acceptors (Lipinski definition) is 2. The molecule has 3 heteroatoms. The van der Waals surface area contributed by atoms with Crippen LogP contribution in [0.2, 0.25) is 0 Å². The molecule has 0 heterocycles. The van der Waals surface area contributed by atoms with Gasteiger partial charge in [-0.15, -0.1) is 0 Å². The van der Waals surface area contributed by atoms with Gasteiger partial charge < -0.3 is 5.73 Å². The maximum absolute atomic E-state index is 13.1. The van der Waals surface area contributed by atoms with Crippen molar-refractivity contribution in [3.63, 3.8) is 0 Å². The SMILES string of the molecule is CCC(C)SCC(N)Cc1cc(F)ccc1C. The van der Waals surface area contributed by atoms with Crippen LogP contribution in [0.3, 0.4) is 0 Å². The lowest BCUT2D eigenvalue weighted by atomic mass is 10.0. The molecular weight excluding hydrogens is 233 g/mol. The van der Waals surface area contributed by atoms with Gasteiger partial charge in [0.05, 0.1) is 0 Å². The van der Waals surface area contributed by atoms with Crippen molar-refractivity contribution >= 4 is 11.8 Å². The molecule has 0 aliphatic heterocycles. The lowest BCUT2D eigenvalue weighted by Gasteiger charge is -2.15. The molecule has 96 valence electrons. The Morgan fingerprint density at radius 3 is 2.76 bits per heavy atom. The molecule has 0 spiro atoms. The lowest BCUT2D eigenvalue weighted by molar-refractivity contribution is 0.622. The first-order valence-electron chi connectivity index (χ1n) is 6.15. The molecule has 0 bridgehead atoms. The summed E-state index contributed by atoms with van der Waals surface area (Å²) in [6.07, 6.45) is 1.92. The second-order valence-corrected chi connectivity index (χ2v) is 6.06. The Morgan fingerprint density at radius 2 is 2.12 bits per heavy atom. The van der Waals surface area contributed by atoms with Gasteiger partial charge in [-0.2, -0.15) is 11.8 Å². The predicted octanol–water partition coefficient (Wildman–Crippen LogP) is 3.54. The molecule has 0 aliphatic carbocycles. The summed E-state index contributed by atoms with van der Waals surface area (Å²) in [7, 11) is 0. The first-order chi connectivity index (χ1) is 8.02. The van der Waals surface area contributed by atoms with Crippen LogP contribution in [0.1, 0.15) is 31.4 Å². The molecule has 0 saturated heterocycles. The summed E-state index contributed by atoms with van der Waals surface area (Å²) in [5, 5.41) is 0.648. The third-order valence-electron chi connectivity index (χ3n) is 2.96. The van der Waals surface area contributed by atoms with Crippen LogP contribution in [0, 0.1) is 12.7 Å². The van der Waals surface area contributed by atoms with E-state index in [0.717, 1.165) is 29.7 Å². The molecule has 17 heavy (non-hydrogen) atoms. The summed E-state index contributed by atoms with van der Waals surface area (Å²) in [6.45, 7) is 6.40. The monoisotopic (exact) mass is 255 g/mol. The third kappa shape index (κ3) is 5.09. The zero-order valence-corrected chi connectivity index (χ0v) is 11.7. The second kappa shape index (κ2) is 7.02. The van der Waals surface area contributed by atoms with E-state index in [2.05, 4.69) is 13.8 Å². The van der Waals surface area contributed by atoms with E-state index in [4.69, 9.17) is 5.73 Å². The molecule has 0 amide bonds. The molecule has 1 aromatic rings. The summed E-state index contributed by atoms with van der Waals surface area (Å²) in [6, 6.07) is 5.02. The van der Waals surface area contributed by atoms with Crippen LogP contribution in [0.4, 0.5) is 4.39 Å². The van der Waals surface area contributed by atoms with Crippen molar-refractivity contribution in [1.29, 1.82) is 0 Å². The van der Waals surface area contributed by atoms with Gasteiger partial charge in [-0.1, -0.05) is 19.9 Å². The Hall–Kier alpha value is -0.540. The van der Waals surface area contributed by atoms with Gasteiger partial charge in [0.15, 0.2) is 0 Å². The number of thioether (sulfide) groups is 1. The minimum absolute atomic E-state index is 0.106. The number of halogens is 1. The zero-order valence-electron chi connectivity index (χ0n) is 10.9. The topological polar surface area (TPSA) is 26.0 Å². The van der Waals surface area contributed by atoms with Gasteiger partial charge in [0.2, 0.25) is 0 Å². The summed E-state index contributed by atoms with van der Waals surface area (Å²) < 4.78 is 13.1. The van der Waals surface area contributed by atoms with E-state index in [0.29, 0.717) is 5.25 Å². The maximum Gasteiger partial charge on any atom is 0.123 e. The molecule has 0 radical (unpaired) electrons. The highest BCUT2D eigenvalue weighted by atomic mass is 32.2. The summed E-state index contributed by atoms with van der Waals surface area (Å²) in [5.74, 6) is 0.762. The number of rotatable bonds is 6. The van der Waals surface area contributed by atoms with Crippen molar-refractivity contribution in [2.75, 3.05) is 5.75 Å². The molecule has 0 fully saturated rings. The fourth-order valence-corrected chi connectivity index (χ4v) is 2.54. The van der Waals surface area contributed by atoms with E-state index < -0.39 is 0 Å². The molecular formula is C14H22FNS. The van der Waals surface area contributed by atoms with Crippen molar-refractivity contribution < 1.29 is 4.39 Å². The van der Waals surface area contributed by atoms with Gasteiger partial charge in [0.1, 0.15) is 5.82 Å². The highest BCUT2D eigenvalue weighted by Crippen LogP contribution is 2.17. The van der Waals surface area contributed by atoms with Gasteiger partial charge in [-0.25, -0.2) is 4.39 Å². The van der Waals surface area contributed by atoms with Crippen LogP contribution >= 0.6 is 11.8 Å². The van der Waals surface area contributed by atoms with Crippen LogP contribution in [-0.4, -0.2) is 17.0 Å². The van der Waals surface area contributed by atoms with Crippen molar-refractivity contribution in [2.45, 2.75) is 44.9 Å². The summed E-state index contributed by atoms with van der Waals surface area (Å²) >= 11 is 1.90. The van der Waals surface area contributed by atoms with Crippen molar-refractivity contribution in [3.05, 3.63) is 35.1 Å². The predicted molar refractivity (Wildman–Crippen MR) is 75.0 cm³/mol. The van der Waals surface area contributed by atoms with Crippen LogP contribution in [-0.2, 0) is 6.42 Å². The molecule has 1 nitrogen and oxygen atoms in total. The van der Waals surface area contributed by atoms with Gasteiger partial charge >= 0.3 is 0 Å². The van der Waals surface area contributed by atoms with Gasteiger partial charge in [-0.3, -0.25) is 0 Å². The highest BCUT2D eigenvalue weighted by Gasteiger charge is 2.09. The first-order valence-corrected chi connectivity index (χ1v) is 7.20. The van der Waals surface area contributed by atoms with E-state index >= 15 is 0 Å². The smallest absolute Gasteiger partial charge is 0.123 e. The molecule has 0 aromatic heterocycles. The van der Waals surface area contributed by atoms with E-state index in [9.17, 15) is 4.39 Å². The average Bonchev–Trinajstić information content (AvgIpc) is 2.30. The number of benzene rings is 1. The quantitative estimate of drug-likeness (QED) is 0.841. The normalized spacial score (nSPS) is 14.6. The highest BCUT2D eigenvalue weighted by molar-refractivity contribution is 7.99. The number of aryl methyl sites for hydroxylation is 1. The zero-order chi connectivity index (χ0) is 12.8. The van der Waals surface area contributed by atoms with Crippen LogP contribution in [0.25, 0.3) is 0 Å². The molecule has 2 atom stereocenters. The minimum atomic E-state index is -0.174. The van der Waals surface area contributed by atoms with E-state index in [1.165, 1.54) is 6.07 Å². The standard InChI is InChI=1S/C14H22FNS/c1-4-11(3)17-9-14(16)8-12-7-13(15)6-5-10(12)2/h5-7,11,14H,4,8-9,16H2,1-3H3. The van der Waals surface area contributed by atoms with E-state index in [1.807, 2.05) is 24.8 Å². The van der Waals surface area contributed by atoms with Crippen molar-refractivity contribution in [3.8, 4) is 0 Å². The largest absolute Gasteiger partial charge is 0.327 e. The summed E-state index contributed by atoms with van der Waals surface area (Å²) in [4.78, 5) is 0.